The van der Waals surface area contributed by atoms with Gasteiger partial charge in [-0.2, -0.15) is 0 Å². The number of benzene rings is 10. The smallest absolute Gasteiger partial charge is 0.143 e. The van der Waals surface area contributed by atoms with Gasteiger partial charge < -0.3 is 9.32 Å². The fourth-order valence-electron chi connectivity index (χ4n) is 11.7. The Labute approximate surface area is 398 Å². The summed E-state index contributed by atoms with van der Waals surface area (Å²) in [5.41, 5.74) is 24.7. The number of nitrogens with zero attached hydrogens (tertiary/aromatic N) is 1. The van der Waals surface area contributed by atoms with Crippen LogP contribution in [0.2, 0.25) is 0 Å². The minimum absolute atomic E-state index is 0.0785. The highest BCUT2D eigenvalue weighted by atomic mass is 16.3. The minimum Gasteiger partial charge on any atom is -0.455 e. The molecule has 68 heavy (non-hydrogen) atoms. The molecule has 0 saturated heterocycles. The summed E-state index contributed by atoms with van der Waals surface area (Å²) in [6.45, 7) is 9.45. The first-order valence-electron chi connectivity index (χ1n) is 23.8. The van der Waals surface area contributed by atoms with Gasteiger partial charge in [-0.3, -0.25) is 0 Å². The van der Waals surface area contributed by atoms with Gasteiger partial charge in [0.05, 0.1) is 5.69 Å². The van der Waals surface area contributed by atoms with Gasteiger partial charge in [0.25, 0.3) is 0 Å². The van der Waals surface area contributed by atoms with E-state index in [1.54, 1.807) is 0 Å². The molecule has 0 aliphatic heterocycles. The molecular formula is C66H49NO. The standard InChI is InChI=1S/C66H49NO/c1-65(2)57-27-15-12-23-54(57)62-48(25-17-28-58(62)65)44-30-33-46(34-31-44)67(47-35-37-51-50-22-11-14-26-56(50)66(3,4)59(51)41-47)60-40-45(42-18-7-5-8-19-42)32-36-52(60)53-39-38-49(43-20-9-6-10-21-43)64-63(53)55-24-13-16-29-61(55)68-64/h5-41H,1-4H3. The summed E-state index contributed by atoms with van der Waals surface area (Å²) in [5, 5.41) is 2.21. The Balaban J connectivity index is 1.07. The van der Waals surface area contributed by atoms with Crippen LogP contribution in [0.25, 0.3) is 88.7 Å². The van der Waals surface area contributed by atoms with E-state index in [4.69, 9.17) is 4.42 Å². The molecule has 0 amide bonds. The van der Waals surface area contributed by atoms with E-state index in [1.807, 2.05) is 0 Å². The highest BCUT2D eigenvalue weighted by Gasteiger charge is 2.38. The van der Waals surface area contributed by atoms with Crippen LogP contribution in [0.3, 0.4) is 0 Å². The van der Waals surface area contributed by atoms with Gasteiger partial charge in [0.15, 0.2) is 0 Å². The molecule has 0 spiro atoms. The fraction of sp³-hybridized carbons (Fsp3) is 0.0909. The molecule has 13 rings (SSSR count). The van der Waals surface area contributed by atoms with Crippen LogP contribution in [0, 0.1) is 0 Å². The summed E-state index contributed by atoms with van der Waals surface area (Å²) in [7, 11) is 0. The predicted octanol–water partition coefficient (Wildman–Crippen LogP) is 18.3. The Bertz CT molecular complexity index is 3780. The lowest BCUT2D eigenvalue weighted by atomic mass is 9.82. The second-order valence-electron chi connectivity index (χ2n) is 19.6. The molecular weight excluding hydrogens is 823 g/mol. The highest BCUT2D eigenvalue weighted by molar-refractivity contribution is 6.17. The van der Waals surface area contributed by atoms with Crippen molar-refractivity contribution in [1.29, 1.82) is 0 Å². The molecule has 0 N–H and O–H groups in total. The predicted molar refractivity (Wildman–Crippen MR) is 285 cm³/mol. The lowest BCUT2D eigenvalue weighted by Gasteiger charge is -2.30. The first kappa shape index (κ1) is 40.1. The van der Waals surface area contributed by atoms with Gasteiger partial charge in [-0.15, -0.1) is 0 Å². The third kappa shape index (κ3) is 6.03. The maximum atomic E-state index is 6.87. The van der Waals surface area contributed by atoms with E-state index < -0.39 is 0 Å². The van der Waals surface area contributed by atoms with Crippen LogP contribution in [0.5, 0.6) is 0 Å². The van der Waals surface area contributed by atoms with Gasteiger partial charge in [0.1, 0.15) is 11.2 Å². The molecule has 0 fully saturated rings. The number of anilines is 3. The van der Waals surface area contributed by atoms with Crippen molar-refractivity contribution in [3.05, 3.63) is 247 Å². The summed E-state index contributed by atoms with van der Waals surface area (Å²) in [5.74, 6) is 0. The number of rotatable bonds is 7. The third-order valence-electron chi connectivity index (χ3n) is 15.1. The zero-order valence-corrected chi connectivity index (χ0v) is 38.7. The Hall–Kier alpha value is -8.20. The van der Waals surface area contributed by atoms with Crippen molar-refractivity contribution in [3.8, 4) is 66.8 Å². The first-order valence-corrected chi connectivity index (χ1v) is 23.8. The summed E-state index contributed by atoms with van der Waals surface area (Å²) in [6, 6.07) is 82.6. The van der Waals surface area contributed by atoms with Gasteiger partial charge >= 0.3 is 0 Å². The van der Waals surface area contributed by atoms with Crippen LogP contribution < -0.4 is 4.90 Å². The Morgan fingerprint density at radius 2 is 0.868 bits per heavy atom. The minimum atomic E-state index is -0.181. The molecule has 2 heteroatoms. The Morgan fingerprint density at radius 3 is 1.65 bits per heavy atom. The van der Waals surface area contributed by atoms with Crippen LogP contribution in [0.15, 0.2) is 229 Å². The van der Waals surface area contributed by atoms with Gasteiger partial charge in [0, 0.05) is 44.1 Å². The van der Waals surface area contributed by atoms with E-state index >= 15 is 0 Å². The van der Waals surface area contributed by atoms with E-state index in [1.165, 1.54) is 61.2 Å². The summed E-state index contributed by atoms with van der Waals surface area (Å²) >= 11 is 0. The second-order valence-corrected chi connectivity index (χ2v) is 19.6. The van der Waals surface area contributed by atoms with E-state index in [2.05, 4.69) is 257 Å². The van der Waals surface area contributed by atoms with Crippen molar-refractivity contribution < 1.29 is 4.42 Å². The number of hydrogen-bond donors (Lipinski definition) is 0. The van der Waals surface area contributed by atoms with E-state index in [0.29, 0.717) is 0 Å². The van der Waals surface area contributed by atoms with Crippen molar-refractivity contribution >= 4 is 39.0 Å². The number of fused-ring (bicyclic) bond motifs is 9. The molecule has 2 aliphatic carbocycles. The maximum absolute atomic E-state index is 6.87. The van der Waals surface area contributed by atoms with Gasteiger partial charge in [0.2, 0.25) is 0 Å². The summed E-state index contributed by atoms with van der Waals surface area (Å²) in [4.78, 5) is 2.50. The first-order chi connectivity index (χ1) is 33.3. The van der Waals surface area contributed by atoms with Crippen LogP contribution in [0.1, 0.15) is 49.9 Å². The van der Waals surface area contributed by atoms with Crippen molar-refractivity contribution in [1.82, 2.24) is 0 Å². The van der Waals surface area contributed by atoms with Gasteiger partial charge in [-0.1, -0.05) is 210 Å². The quantitative estimate of drug-likeness (QED) is 0.159. The largest absolute Gasteiger partial charge is 0.455 e. The Kier molecular flexibility index (Phi) is 8.95. The molecule has 10 aromatic carbocycles. The number of para-hydroxylation sites is 1. The molecule has 0 saturated carbocycles. The Morgan fingerprint density at radius 1 is 0.338 bits per heavy atom. The fourth-order valence-corrected chi connectivity index (χ4v) is 11.7. The molecule has 11 aromatic rings. The van der Waals surface area contributed by atoms with Gasteiger partial charge in [-0.25, -0.2) is 0 Å². The van der Waals surface area contributed by atoms with Crippen molar-refractivity contribution in [2.45, 2.75) is 38.5 Å². The van der Waals surface area contributed by atoms with Crippen LogP contribution in [0.4, 0.5) is 17.1 Å². The number of hydrogen-bond acceptors (Lipinski definition) is 2. The zero-order chi connectivity index (χ0) is 45.7. The lowest BCUT2D eigenvalue weighted by molar-refractivity contribution is 0.660. The average molecular weight is 872 g/mol. The molecule has 2 nitrogen and oxygen atoms in total. The van der Waals surface area contributed by atoms with Gasteiger partial charge in [-0.05, 0) is 120 Å². The molecule has 0 atom stereocenters. The molecule has 324 valence electrons. The second kappa shape index (κ2) is 15.2. The molecule has 0 unspecified atom stereocenters. The third-order valence-corrected chi connectivity index (χ3v) is 15.1. The SMILES string of the molecule is CC1(C)c2ccccc2-c2ccc(N(c3ccc(-c4cccc5c4-c4ccccc4C5(C)C)cc3)c3cc(-c4ccccc4)ccc3-c3ccc(-c4ccccc4)c4oc5ccccc5c34)cc21. The van der Waals surface area contributed by atoms with Crippen molar-refractivity contribution in [2.24, 2.45) is 0 Å². The highest BCUT2D eigenvalue weighted by Crippen LogP contribution is 2.55. The van der Waals surface area contributed by atoms with E-state index in [0.717, 1.165) is 66.8 Å². The monoisotopic (exact) mass is 871 g/mol. The van der Waals surface area contributed by atoms with Crippen LogP contribution in [-0.2, 0) is 10.8 Å². The number of furan rings is 1. The summed E-state index contributed by atoms with van der Waals surface area (Å²) in [6.07, 6.45) is 0. The normalized spacial score (nSPS) is 13.8. The van der Waals surface area contributed by atoms with Crippen molar-refractivity contribution in [3.63, 3.8) is 0 Å². The summed E-state index contributed by atoms with van der Waals surface area (Å²) < 4.78 is 6.87. The van der Waals surface area contributed by atoms with Crippen LogP contribution >= 0.6 is 0 Å². The maximum Gasteiger partial charge on any atom is 0.143 e. The molecule has 1 aromatic heterocycles. The van der Waals surface area contributed by atoms with E-state index in [9.17, 15) is 0 Å². The lowest BCUT2D eigenvalue weighted by Crippen LogP contribution is -2.17. The van der Waals surface area contributed by atoms with Crippen LogP contribution in [-0.4, -0.2) is 0 Å². The molecule has 0 radical (unpaired) electrons. The van der Waals surface area contributed by atoms with Crippen molar-refractivity contribution in [2.75, 3.05) is 4.90 Å². The van der Waals surface area contributed by atoms with E-state index in [-0.39, 0.29) is 10.8 Å². The topological polar surface area (TPSA) is 16.4 Å². The molecule has 0 bridgehead atoms. The molecule has 2 aliphatic rings. The average Bonchev–Trinajstić information content (AvgIpc) is 3.97. The molecule has 1 heterocycles. The zero-order valence-electron chi connectivity index (χ0n) is 38.7.